The fourth-order valence-corrected chi connectivity index (χ4v) is 2.88. The molecule has 0 aliphatic carbocycles. The summed E-state index contributed by atoms with van der Waals surface area (Å²) in [6.45, 7) is 4.89. The Labute approximate surface area is 118 Å². The van der Waals surface area contributed by atoms with E-state index in [1.807, 2.05) is 18.2 Å². The summed E-state index contributed by atoms with van der Waals surface area (Å²) < 4.78 is 5.85. The molecule has 0 saturated heterocycles. The predicted molar refractivity (Wildman–Crippen MR) is 77.5 cm³/mol. The number of ether oxygens (including phenoxy) is 1. The highest BCUT2D eigenvalue weighted by atomic mass is 16.5. The highest BCUT2D eigenvalue weighted by Gasteiger charge is 2.39. The van der Waals surface area contributed by atoms with Gasteiger partial charge < -0.3 is 14.9 Å². The second-order valence-electron chi connectivity index (χ2n) is 5.70. The average molecular weight is 270 g/mol. The zero-order valence-corrected chi connectivity index (χ0v) is 11.6. The number of rotatable bonds is 1. The minimum atomic E-state index is -0.155. The molecule has 0 amide bonds. The third-order valence-corrected chi connectivity index (χ3v) is 4.47. The lowest BCUT2D eigenvalue weighted by molar-refractivity contribution is 0.175. The van der Waals surface area contributed by atoms with E-state index < -0.39 is 0 Å². The second kappa shape index (κ2) is 4.44. The van der Waals surface area contributed by atoms with Crippen LogP contribution < -0.4 is 4.74 Å². The lowest BCUT2D eigenvalue weighted by atomic mass is 9.69. The largest absolute Gasteiger partial charge is 0.508 e. The third kappa shape index (κ3) is 1.90. The molecule has 2 unspecified atom stereocenters. The summed E-state index contributed by atoms with van der Waals surface area (Å²) in [7, 11) is 0. The van der Waals surface area contributed by atoms with Crippen LogP contribution in [0.3, 0.4) is 0 Å². The maximum Gasteiger partial charge on any atom is 0.126 e. The van der Waals surface area contributed by atoms with E-state index in [0.29, 0.717) is 6.61 Å². The molecule has 0 fully saturated rings. The van der Waals surface area contributed by atoms with Gasteiger partial charge >= 0.3 is 0 Å². The van der Waals surface area contributed by atoms with Crippen molar-refractivity contribution in [2.24, 2.45) is 0 Å². The lowest BCUT2D eigenvalue weighted by Gasteiger charge is -2.41. The normalized spacial score (nSPS) is 24.8. The fraction of sp³-hybridized carbons (Fsp3) is 0.294. The molecule has 2 aromatic rings. The topological polar surface area (TPSA) is 49.7 Å². The van der Waals surface area contributed by atoms with Crippen LogP contribution in [0.15, 0.2) is 42.5 Å². The molecule has 3 rings (SSSR count). The third-order valence-electron chi connectivity index (χ3n) is 4.47. The molecule has 3 nitrogen and oxygen atoms in total. The van der Waals surface area contributed by atoms with Crippen LogP contribution in [0.1, 0.15) is 30.9 Å². The van der Waals surface area contributed by atoms with Gasteiger partial charge in [-0.15, -0.1) is 0 Å². The van der Waals surface area contributed by atoms with Crippen LogP contribution in [-0.4, -0.2) is 16.8 Å². The van der Waals surface area contributed by atoms with Crippen LogP contribution in [0.25, 0.3) is 0 Å². The minimum absolute atomic E-state index is 0.155. The first-order valence-electron chi connectivity index (χ1n) is 6.76. The van der Waals surface area contributed by atoms with Crippen molar-refractivity contribution < 1.29 is 14.9 Å². The number of hydrogen-bond donors (Lipinski definition) is 2. The van der Waals surface area contributed by atoms with Gasteiger partial charge in [-0.25, -0.2) is 0 Å². The molecule has 0 radical (unpaired) electrons. The molecule has 1 aliphatic heterocycles. The maximum absolute atomic E-state index is 9.54. The molecule has 0 saturated carbocycles. The molecule has 0 aromatic heterocycles. The Bertz CT molecular complexity index is 633. The monoisotopic (exact) mass is 270 g/mol. The van der Waals surface area contributed by atoms with Crippen molar-refractivity contribution in [3.8, 4) is 17.2 Å². The second-order valence-corrected chi connectivity index (χ2v) is 5.70. The highest BCUT2D eigenvalue weighted by molar-refractivity contribution is 5.47. The zero-order chi connectivity index (χ0) is 14.3. The van der Waals surface area contributed by atoms with E-state index >= 15 is 0 Å². The SMILES string of the molecule is CC1c2ccc(O)cc2OCC1(C)c1ccc(O)cc1. The Morgan fingerprint density at radius 3 is 2.40 bits per heavy atom. The number of fused-ring (bicyclic) bond motifs is 1. The van der Waals surface area contributed by atoms with Crippen molar-refractivity contribution in [2.45, 2.75) is 25.2 Å². The molecular formula is C17H18O3. The van der Waals surface area contributed by atoms with Gasteiger partial charge in [-0.1, -0.05) is 32.0 Å². The Morgan fingerprint density at radius 2 is 1.70 bits per heavy atom. The average Bonchev–Trinajstić information content (AvgIpc) is 2.44. The molecular weight excluding hydrogens is 252 g/mol. The first-order chi connectivity index (χ1) is 9.50. The summed E-state index contributed by atoms with van der Waals surface area (Å²) in [6.07, 6.45) is 0. The number of phenols is 2. The first-order valence-corrected chi connectivity index (χ1v) is 6.76. The van der Waals surface area contributed by atoms with E-state index in [-0.39, 0.29) is 22.8 Å². The van der Waals surface area contributed by atoms with Gasteiger partial charge in [-0.2, -0.15) is 0 Å². The zero-order valence-electron chi connectivity index (χ0n) is 11.6. The van der Waals surface area contributed by atoms with Crippen LogP contribution in [0.5, 0.6) is 17.2 Å². The number of benzene rings is 2. The molecule has 2 atom stereocenters. The molecule has 0 spiro atoms. The van der Waals surface area contributed by atoms with Crippen molar-refractivity contribution in [3.63, 3.8) is 0 Å². The van der Waals surface area contributed by atoms with Gasteiger partial charge in [0.15, 0.2) is 0 Å². The Balaban J connectivity index is 2.04. The minimum Gasteiger partial charge on any atom is -0.508 e. The molecule has 20 heavy (non-hydrogen) atoms. The molecule has 104 valence electrons. The summed E-state index contributed by atoms with van der Waals surface area (Å²) in [5.74, 6) is 1.52. The number of phenolic OH excluding ortho intramolecular Hbond substituents is 2. The summed E-state index contributed by atoms with van der Waals surface area (Å²) in [5, 5.41) is 19.0. The van der Waals surface area contributed by atoms with E-state index in [2.05, 4.69) is 13.8 Å². The first kappa shape index (κ1) is 12.9. The van der Waals surface area contributed by atoms with Gasteiger partial charge in [0.2, 0.25) is 0 Å². The van der Waals surface area contributed by atoms with Crippen molar-refractivity contribution in [3.05, 3.63) is 53.6 Å². The van der Waals surface area contributed by atoms with E-state index in [0.717, 1.165) is 16.9 Å². The molecule has 0 bridgehead atoms. The molecule has 3 heteroatoms. The Kier molecular flexibility index (Phi) is 2.85. The summed E-state index contributed by atoms with van der Waals surface area (Å²) in [4.78, 5) is 0. The van der Waals surface area contributed by atoms with Crippen LogP contribution in [0.2, 0.25) is 0 Å². The van der Waals surface area contributed by atoms with Gasteiger partial charge in [-0.05, 0) is 35.2 Å². The van der Waals surface area contributed by atoms with Crippen molar-refractivity contribution in [1.29, 1.82) is 0 Å². The smallest absolute Gasteiger partial charge is 0.126 e. The highest BCUT2D eigenvalue weighted by Crippen LogP contribution is 2.47. The lowest BCUT2D eigenvalue weighted by Crippen LogP contribution is -2.39. The van der Waals surface area contributed by atoms with Gasteiger partial charge in [0, 0.05) is 11.5 Å². The quantitative estimate of drug-likeness (QED) is 0.833. The van der Waals surface area contributed by atoms with Crippen molar-refractivity contribution >= 4 is 0 Å². The number of aromatic hydroxyl groups is 2. The van der Waals surface area contributed by atoms with Gasteiger partial charge in [0.25, 0.3) is 0 Å². The van der Waals surface area contributed by atoms with Crippen molar-refractivity contribution in [1.82, 2.24) is 0 Å². The number of hydrogen-bond acceptors (Lipinski definition) is 3. The van der Waals surface area contributed by atoms with Crippen molar-refractivity contribution in [2.75, 3.05) is 6.61 Å². The summed E-state index contributed by atoms with van der Waals surface area (Å²) in [6, 6.07) is 12.6. The standard InChI is InChI=1S/C17H18O3/c1-11-15-8-7-14(19)9-16(15)20-10-17(11,2)12-3-5-13(18)6-4-12/h3-9,11,18-19H,10H2,1-2H3. The van der Waals surface area contributed by atoms with E-state index in [4.69, 9.17) is 4.74 Å². The Hall–Kier alpha value is -2.16. The molecule has 1 heterocycles. The molecule has 1 aliphatic rings. The van der Waals surface area contributed by atoms with E-state index in [1.54, 1.807) is 24.3 Å². The molecule has 2 aromatic carbocycles. The maximum atomic E-state index is 9.54. The van der Waals surface area contributed by atoms with Gasteiger partial charge in [0.1, 0.15) is 17.2 Å². The fourth-order valence-electron chi connectivity index (χ4n) is 2.88. The van der Waals surface area contributed by atoms with Crippen LogP contribution in [0.4, 0.5) is 0 Å². The molecule has 2 N–H and O–H groups in total. The van der Waals surface area contributed by atoms with E-state index in [9.17, 15) is 10.2 Å². The predicted octanol–water partition coefficient (Wildman–Crippen LogP) is 3.55. The Morgan fingerprint density at radius 1 is 1.05 bits per heavy atom. The van der Waals surface area contributed by atoms with Gasteiger partial charge in [0.05, 0.1) is 6.61 Å². The van der Waals surface area contributed by atoms with Gasteiger partial charge in [-0.3, -0.25) is 0 Å². The summed E-state index contributed by atoms with van der Waals surface area (Å²) in [5.41, 5.74) is 2.09. The van der Waals surface area contributed by atoms with Crippen LogP contribution >= 0.6 is 0 Å². The summed E-state index contributed by atoms with van der Waals surface area (Å²) >= 11 is 0. The van der Waals surface area contributed by atoms with Crippen LogP contribution in [0, 0.1) is 0 Å². The van der Waals surface area contributed by atoms with Crippen LogP contribution in [-0.2, 0) is 5.41 Å². The van der Waals surface area contributed by atoms with E-state index in [1.165, 1.54) is 0 Å².